The summed E-state index contributed by atoms with van der Waals surface area (Å²) in [6, 6.07) is 10.6. The Balaban J connectivity index is 1.34. The van der Waals surface area contributed by atoms with Gasteiger partial charge in [0.15, 0.2) is 0 Å². The molecule has 3 heterocycles. The molecule has 3 aliphatic rings. The van der Waals surface area contributed by atoms with E-state index in [1.165, 1.54) is 30.5 Å². The molecule has 2 N–H and O–H groups in total. The Morgan fingerprint density at radius 2 is 2.10 bits per heavy atom. The molecule has 0 spiro atoms. The van der Waals surface area contributed by atoms with Crippen molar-refractivity contribution in [1.29, 1.82) is 0 Å². The van der Waals surface area contributed by atoms with E-state index in [4.69, 9.17) is 4.74 Å². The molecule has 0 aromatic heterocycles. The first kappa shape index (κ1) is 20.2. The van der Waals surface area contributed by atoms with Crippen molar-refractivity contribution in [2.24, 2.45) is 5.92 Å². The number of anilines is 1. The van der Waals surface area contributed by atoms with Crippen LogP contribution in [0, 0.1) is 11.7 Å². The van der Waals surface area contributed by atoms with Gasteiger partial charge in [-0.15, -0.1) is 0 Å². The van der Waals surface area contributed by atoms with Gasteiger partial charge in [0.1, 0.15) is 18.2 Å². The van der Waals surface area contributed by atoms with E-state index in [0.717, 1.165) is 43.6 Å². The topological polar surface area (TPSA) is 61.8 Å². The van der Waals surface area contributed by atoms with Crippen molar-refractivity contribution < 1.29 is 19.0 Å². The summed E-state index contributed by atoms with van der Waals surface area (Å²) >= 11 is 0. The van der Waals surface area contributed by atoms with Gasteiger partial charge in [0.2, 0.25) is 0 Å². The lowest BCUT2D eigenvalue weighted by molar-refractivity contribution is -0.110. The van der Waals surface area contributed by atoms with E-state index in [1.807, 2.05) is 6.07 Å². The lowest BCUT2D eigenvalue weighted by Gasteiger charge is -2.32. The number of likely N-dealkylation sites (tertiary alicyclic amines) is 1. The molecule has 0 bridgehead atoms. The fourth-order valence-corrected chi connectivity index (χ4v) is 5.00. The second-order valence-electron chi connectivity index (χ2n) is 8.70. The Morgan fingerprint density at radius 1 is 1.19 bits per heavy atom. The highest BCUT2D eigenvalue weighted by atomic mass is 19.1. The smallest absolute Gasteiger partial charge is 0.260 e. The fourth-order valence-electron chi connectivity index (χ4n) is 5.00. The number of aliphatic hydroxyl groups is 1. The number of benzene rings is 2. The van der Waals surface area contributed by atoms with Crippen LogP contribution in [-0.4, -0.2) is 42.2 Å². The van der Waals surface area contributed by atoms with Crippen molar-refractivity contribution in [2.45, 2.75) is 32.3 Å². The molecule has 0 aliphatic carbocycles. The average Bonchev–Trinajstić information content (AvgIpc) is 3.32. The van der Waals surface area contributed by atoms with Gasteiger partial charge in [-0.25, -0.2) is 4.39 Å². The van der Waals surface area contributed by atoms with Crippen molar-refractivity contribution >= 4 is 22.9 Å². The molecule has 162 valence electrons. The Morgan fingerprint density at radius 3 is 2.97 bits per heavy atom. The van der Waals surface area contributed by atoms with E-state index in [2.05, 4.69) is 22.3 Å². The zero-order valence-electron chi connectivity index (χ0n) is 17.5. The van der Waals surface area contributed by atoms with Crippen molar-refractivity contribution in [3.63, 3.8) is 0 Å². The molecular weight excluding hydrogens is 395 g/mol. The van der Waals surface area contributed by atoms with Gasteiger partial charge in [-0.2, -0.15) is 0 Å². The molecule has 5 rings (SSSR count). The largest absolute Gasteiger partial charge is 0.487 e. The van der Waals surface area contributed by atoms with Crippen LogP contribution in [0.3, 0.4) is 0 Å². The summed E-state index contributed by atoms with van der Waals surface area (Å²) in [7, 11) is 0. The third kappa shape index (κ3) is 3.98. The van der Waals surface area contributed by atoms with Gasteiger partial charge in [-0.3, -0.25) is 4.79 Å². The number of hydrogen-bond acceptors (Lipinski definition) is 4. The number of ether oxygens (including phenoxy) is 1. The van der Waals surface area contributed by atoms with Crippen molar-refractivity contribution in [2.75, 3.05) is 31.6 Å². The summed E-state index contributed by atoms with van der Waals surface area (Å²) in [5.41, 5.74) is 4.80. The third-order valence-corrected chi connectivity index (χ3v) is 6.60. The second kappa shape index (κ2) is 8.44. The molecule has 2 aromatic carbocycles. The number of carbonyl (C=O) groups excluding carboxylic acids is 1. The van der Waals surface area contributed by atoms with Gasteiger partial charge in [-0.05, 0) is 61.9 Å². The maximum Gasteiger partial charge on any atom is 0.260 e. The molecular formula is C25H27FN2O3. The van der Waals surface area contributed by atoms with Crippen LogP contribution in [0.1, 0.15) is 41.5 Å². The fraction of sp³-hybridized carbons (Fsp3) is 0.400. The van der Waals surface area contributed by atoms with E-state index in [1.54, 1.807) is 6.07 Å². The normalized spacial score (nSPS) is 22.8. The number of rotatable bonds is 5. The molecule has 1 amide bonds. The molecule has 1 fully saturated rings. The van der Waals surface area contributed by atoms with E-state index in [9.17, 15) is 14.3 Å². The highest BCUT2D eigenvalue weighted by molar-refractivity contribution is 6.36. The number of amides is 1. The van der Waals surface area contributed by atoms with Crippen LogP contribution in [0.2, 0.25) is 0 Å². The molecule has 5 nitrogen and oxygen atoms in total. The van der Waals surface area contributed by atoms with Gasteiger partial charge < -0.3 is 20.1 Å². The summed E-state index contributed by atoms with van der Waals surface area (Å²) < 4.78 is 19.7. The third-order valence-electron chi connectivity index (χ3n) is 6.60. The standard InChI is InChI=1S/C25H27FN2O3/c26-19-4-6-22-21(13-19)23(25(30)27-22)24-20-5-3-16(12-18(20)15-31-24)7-10-28-9-1-2-17(14-28)8-11-29/h3-6,12-13,17,29H,1-2,7-11,14-15H2,(H,27,30). The predicted octanol–water partition coefficient (Wildman–Crippen LogP) is 3.81. The minimum atomic E-state index is -0.374. The van der Waals surface area contributed by atoms with Gasteiger partial charge >= 0.3 is 0 Å². The zero-order chi connectivity index (χ0) is 21.4. The number of piperidine rings is 1. The van der Waals surface area contributed by atoms with Crippen LogP contribution in [0.5, 0.6) is 0 Å². The maximum atomic E-state index is 13.8. The maximum absolute atomic E-state index is 13.8. The monoisotopic (exact) mass is 422 g/mol. The number of halogens is 1. The Bertz CT molecular complexity index is 1050. The average molecular weight is 423 g/mol. The van der Waals surface area contributed by atoms with E-state index in [0.29, 0.717) is 35.1 Å². The lowest BCUT2D eigenvalue weighted by atomic mass is 9.94. The molecule has 0 radical (unpaired) electrons. The van der Waals surface area contributed by atoms with Gasteiger partial charge in [0, 0.05) is 42.1 Å². The quantitative estimate of drug-likeness (QED) is 0.720. The minimum absolute atomic E-state index is 0.255. The Labute approximate surface area is 181 Å². The van der Waals surface area contributed by atoms with Crippen LogP contribution in [0.4, 0.5) is 10.1 Å². The van der Waals surface area contributed by atoms with Crippen LogP contribution in [-0.2, 0) is 22.6 Å². The molecule has 31 heavy (non-hydrogen) atoms. The molecule has 0 saturated carbocycles. The second-order valence-corrected chi connectivity index (χ2v) is 8.70. The summed E-state index contributed by atoms with van der Waals surface area (Å²) in [6.07, 6.45) is 4.26. The van der Waals surface area contributed by atoms with Gasteiger partial charge in [0.05, 0.1) is 5.57 Å². The molecule has 2 aromatic rings. The van der Waals surface area contributed by atoms with Crippen molar-refractivity contribution in [3.8, 4) is 0 Å². The van der Waals surface area contributed by atoms with Crippen LogP contribution in [0.25, 0.3) is 11.3 Å². The molecule has 1 unspecified atom stereocenters. The van der Waals surface area contributed by atoms with Crippen molar-refractivity contribution in [1.82, 2.24) is 4.90 Å². The van der Waals surface area contributed by atoms with Crippen LogP contribution in [0.15, 0.2) is 36.4 Å². The lowest BCUT2D eigenvalue weighted by Crippen LogP contribution is -2.37. The summed E-state index contributed by atoms with van der Waals surface area (Å²) in [6.45, 7) is 3.89. The van der Waals surface area contributed by atoms with E-state index in [-0.39, 0.29) is 18.3 Å². The molecule has 1 saturated heterocycles. The minimum Gasteiger partial charge on any atom is -0.487 e. The van der Waals surface area contributed by atoms with Crippen LogP contribution < -0.4 is 5.32 Å². The highest BCUT2D eigenvalue weighted by Crippen LogP contribution is 2.42. The predicted molar refractivity (Wildman–Crippen MR) is 118 cm³/mol. The summed E-state index contributed by atoms with van der Waals surface area (Å²) in [4.78, 5) is 15.1. The summed E-state index contributed by atoms with van der Waals surface area (Å²) in [5, 5.41) is 12.0. The first-order valence-corrected chi connectivity index (χ1v) is 11.1. The Kier molecular flexibility index (Phi) is 5.50. The van der Waals surface area contributed by atoms with E-state index >= 15 is 0 Å². The number of nitrogens with one attached hydrogen (secondary N) is 1. The Hall–Kier alpha value is -2.70. The first-order chi connectivity index (χ1) is 15.1. The highest BCUT2D eigenvalue weighted by Gasteiger charge is 2.32. The van der Waals surface area contributed by atoms with Crippen LogP contribution >= 0.6 is 0 Å². The zero-order valence-corrected chi connectivity index (χ0v) is 17.5. The first-order valence-electron chi connectivity index (χ1n) is 11.1. The number of aliphatic hydroxyl groups excluding tert-OH is 1. The number of carbonyl (C=O) groups is 1. The number of fused-ring (bicyclic) bond motifs is 2. The molecule has 1 atom stereocenters. The van der Waals surface area contributed by atoms with Gasteiger partial charge in [-0.1, -0.05) is 18.2 Å². The number of nitrogens with zero attached hydrogens (tertiary/aromatic N) is 1. The molecule has 6 heteroatoms. The van der Waals surface area contributed by atoms with E-state index < -0.39 is 0 Å². The number of hydrogen-bond donors (Lipinski definition) is 2. The summed E-state index contributed by atoms with van der Waals surface area (Å²) in [5.74, 6) is 0.508. The van der Waals surface area contributed by atoms with Crippen molar-refractivity contribution in [3.05, 3.63) is 64.5 Å². The SMILES string of the molecule is O=C1Nc2ccc(F)cc2C1=C1OCc2cc(CCN3CCCC(CCO)C3)ccc21. The van der Waals surface area contributed by atoms with Gasteiger partial charge in [0.25, 0.3) is 5.91 Å². The molecule has 3 aliphatic heterocycles.